The summed E-state index contributed by atoms with van der Waals surface area (Å²) in [4.78, 5) is 0.0255. The highest BCUT2D eigenvalue weighted by molar-refractivity contribution is 7.92. The van der Waals surface area contributed by atoms with Crippen LogP contribution in [-0.2, 0) is 33.0 Å². The van der Waals surface area contributed by atoms with E-state index in [0.29, 0.717) is 24.5 Å². The molecule has 0 unspecified atom stereocenters. The lowest BCUT2D eigenvalue weighted by Crippen LogP contribution is -2.23. The molecule has 0 saturated carbocycles. The first kappa shape index (κ1) is 19.5. The van der Waals surface area contributed by atoms with Gasteiger partial charge in [-0.1, -0.05) is 6.07 Å². The number of ether oxygens (including phenoxy) is 1. The van der Waals surface area contributed by atoms with E-state index < -0.39 is 20.0 Å². The second-order valence-corrected chi connectivity index (χ2v) is 9.85. The summed E-state index contributed by atoms with van der Waals surface area (Å²) in [7, 11) is -7.73. The maximum atomic E-state index is 12.7. The smallest absolute Gasteiger partial charge is 0.261 e. The van der Waals surface area contributed by atoms with Crippen molar-refractivity contribution in [2.24, 2.45) is 0 Å². The van der Waals surface area contributed by atoms with Crippen molar-refractivity contribution in [1.82, 2.24) is 4.72 Å². The molecule has 0 saturated heterocycles. The first-order valence-corrected chi connectivity index (χ1v) is 11.7. The van der Waals surface area contributed by atoms with Gasteiger partial charge in [-0.15, -0.1) is 0 Å². The Labute approximate surface area is 168 Å². The van der Waals surface area contributed by atoms with E-state index in [1.54, 1.807) is 24.3 Å². The quantitative estimate of drug-likeness (QED) is 0.590. The Balaban J connectivity index is 1.54. The van der Waals surface area contributed by atoms with Crippen LogP contribution in [0.25, 0.3) is 0 Å². The summed E-state index contributed by atoms with van der Waals surface area (Å²) in [5, 5.41) is 0. The van der Waals surface area contributed by atoms with E-state index in [1.165, 1.54) is 36.6 Å². The second kappa shape index (κ2) is 7.54. The Morgan fingerprint density at radius 3 is 2.52 bits per heavy atom. The molecule has 0 spiro atoms. The van der Waals surface area contributed by atoms with Gasteiger partial charge in [-0.2, -0.15) is 0 Å². The number of hydrogen-bond acceptors (Lipinski definition) is 6. The molecule has 4 rings (SSSR count). The summed E-state index contributed by atoms with van der Waals surface area (Å²) >= 11 is 0. The lowest BCUT2D eigenvalue weighted by atomic mass is 10.2. The zero-order valence-electron chi connectivity index (χ0n) is 15.2. The summed E-state index contributed by atoms with van der Waals surface area (Å²) in [5.74, 6) is 1.14. The molecule has 3 aromatic rings. The molecule has 1 aromatic heterocycles. The Hall–Kier alpha value is -2.82. The maximum absolute atomic E-state index is 12.7. The molecule has 0 amide bonds. The van der Waals surface area contributed by atoms with Gasteiger partial charge in [-0.05, 0) is 54.1 Å². The van der Waals surface area contributed by atoms with Crippen LogP contribution in [0.4, 0.5) is 5.69 Å². The van der Waals surface area contributed by atoms with Crippen molar-refractivity contribution in [2.45, 2.75) is 22.8 Å². The Kier molecular flexibility index (Phi) is 5.07. The van der Waals surface area contributed by atoms with Crippen molar-refractivity contribution in [2.75, 3.05) is 11.3 Å². The lowest BCUT2D eigenvalue weighted by molar-refractivity contribution is 0.356. The standard InChI is InChI=1S/C19H18N2O6S2/c22-28(23,20-13-16-4-2-9-26-16)17-5-1-3-15(12-17)21-29(24,25)18-6-7-19-14(11-18)8-10-27-19/h1-7,9,11-12,20-21H,8,10,13H2. The third-order valence-electron chi connectivity index (χ3n) is 4.38. The monoisotopic (exact) mass is 434 g/mol. The van der Waals surface area contributed by atoms with Crippen LogP contribution < -0.4 is 14.2 Å². The molecular formula is C19H18N2O6S2. The molecule has 0 bridgehead atoms. The number of nitrogens with one attached hydrogen (secondary N) is 2. The number of sulfonamides is 2. The number of hydrogen-bond donors (Lipinski definition) is 2. The molecule has 29 heavy (non-hydrogen) atoms. The summed E-state index contributed by atoms with van der Waals surface area (Å²) in [5.41, 5.74) is 0.967. The zero-order valence-corrected chi connectivity index (χ0v) is 16.8. The van der Waals surface area contributed by atoms with E-state index >= 15 is 0 Å². The minimum absolute atomic E-state index is 0.0114. The van der Waals surface area contributed by atoms with Crippen LogP contribution in [0.2, 0.25) is 0 Å². The van der Waals surface area contributed by atoms with Gasteiger partial charge in [0.15, 0.2) is 0 Å². The average molecular weight is 434 g/mol. The third-order valence-corrected chi connectivity index (χ3v) is 7.16. The van der Waals surface area contributed by atoms with Crippen LogP contribution in [0.15, 0.2) is 75.1 Å². The van der Waals surface area contributed by atoms with Crippen LogP contribution in [0, 0.1) is 0 Å². The van der Waals surface area contributed by atoms with Crippen LogP contribution >= 0.6 is 0 Å². The van der Waals surface area contributed by atoms with Crippen LogP contribution in [0.3, 0.4) is 0 Å². The fraction of sp³-hybridized carbons (Fsp3) is 0.158. The van der Waals surface area contributed by atoms with Gasteiger partial charge >= 0.3 is 0 Å². The molecule has 8 nitrogen and oxygen atoms in total. The fourth-order valence-corrected chi connectivity index (χ4v) is 5.07. The van der Waals surface area contributed by atoms with E-state index in [1.807, 2.05) is 0 Å². The van der Waals surface area contributed by atoms with Gasteiger partial charge in [0.25, 0.3) is 10.0 Å². The van der Waals surface area contributed by atoms with Gasteiger partial charge in [0.1, 0.15) is 11.5 Å². The van der Waals surface area contributed by atoms with Crippen molar-refractivity contribution in [3.8, 4) is 5.75 Å². The van der Waals surface area contributed by atoms with E-state index in [9.17, 15) is 16.8 Å². The highest BCUT2D eigenvalue weighted by Gasteiger charge is 2.21. The first-order chi connectivity index (χ1) is 13.8. The zero-order chi connectivity index (χ0) is 20.5. The van der Waals surface area contributed by atoms with Crippen molar-refractivity contribution >= 4 is 25.7 Å². The summed E-state index contributed by atoms with van der Waals surface area (Å²) < 4.78 is 65.8. The highest BCUT2D eigenvalue weighted by Crippen LogP contribution is 2.28. The second-order valence-electron chi connectivity index (χ2n) is 6.41. The molecule has 152 valence electrons. The molecule has 0 atom stereocenters. The largest absolute Gasteiger partial charge is 0.493 e. The van der Waals surface area contributed by atoms with E-state index in [0.717, 1.165) is 5.56 Å². The van der Waals surface area contributed by atoms with Gasteiger partial charge in [0, 0.05) is 6.42 Å². The molecule has 2 heterocycles. The Morgan fingerprint density at radius 2 is 1.72 bits per heavy atom. The molecule has 0 aliphatic carbocycles. The maximum Gasteiger partial charge on any atom is 0.261 e. The SMILES string of the molecule is O=S(=O)(NCc1ccco1)c1cccc(NS(=O)(=O)c2ccc3c(c2)CCO3)c1. The molecule has 1 aliphatic heterocycles. The van der Waals surface area contributed by atoms with E-state index in [2.05, 4.69) is 9.44 Å². The first-order valence-electron chi connectivity index (χ1n) is 8.74. The van der Waals surface area contributed by atoms with Gasteiger partial charge in [-0.25, -0.2) is 21.6 Å². The fourth-order valence-electron chi connectivity index (χ4n) is 2.93. The molecule has 2 N–H and O–H groups in total. The minimum atomic E-state index is -3.88. The third kappa shape index (κ3) is 4.29. The number of rotatable bonds is 7. The normalized spacial score (nSPS) is 13.7. The van der Waals surface area contributed by atoms with Crippen LogP contribution in [-0.4, -0.2) is 23.4 Å². The lowest BCUT2D eigenvalue weighted by Gasteiger charge is -2.11. The predicted octanol–water partition coefficient (Wildman–Crippen LogP) is 2.49. The molecular weight excluding hydrogens is 416 g/mol. The van der Waals surface area contributed by atoms with Crippen LogP contribution in [0.1, 0.15) is 11.3 Å². The molecule has 0 radical (unpaired) electrons. The van der Waals surface area contributed by atoms with Crippen molar-refractivity contribution in [3.05, 3.63) is 72.2 Å². The summed E-state index contributed by atoms with van der Waals surface area (Å²) in [6.45, 7) is 0.514. The van der Waals surface area contributed by atoms with Crippen molar-refractivity contribution < 1.29 is 26.0 Å². The van der Waals surface area contributed by atoms with Gasteiger partial charge < -0.3 is 9.15 Å². The number of fused-ring (bicyclic) bond motifs is 1. The van der Waals surface area contributed by atoms with Gasteiger partial charge in [0.05, 0.1) is 34.9 Å². The van der Waals surface area contributed by atoms with Crippen molar-refractivity contribution in [1.29, 1.82) is 0 Å². The molecule has 1 aliphatic rings. The van der Waals surface area contributed by atoms with Gasteiger partial charge in [0.2, 0.25) is 10.0 Å². The average Bonchev–Trinajstić information content (AvgIpc) is 3.37. The van der Waals surface area contributed by atoms with E-state index in [4.69, 9.17) is 9.15 Å². The summed E-state index contributed by atoms with van der Waals surface area (Å²) in [6, 6.07) is 13.5. The molecule has 10 heteroatoms. The number of benzene rings is 2. The molecule has 2 aromatic carbocycles. The number of anilines is 1. The summed E-state index contributed by atoms with van der Waals surface area (Å²) in [6.07, 6.45) is 2.10. The van der Waals surface area contributed by atoms with Crippen molar-refractivity contribution in [3.63, 3.8) is 0 Å². The van der Waals surface area contributed by atoms with E-state index in [-0.39, 0.29) is 22.0 Å². The van der Waals surface area contributed by atoms with Gasteiger partial charge in [-0.3, -0.25) is 4.72 Å². The number of furan rings is 1. The Bertz CT molecular complexity index is 1240. The molecule has 0 fully saturated rings. The highest BCUT2D eigenvalue weighted by atomic mass is 32.2. The van der Waals surface area contributed by atoms with Crippen LogP contribution in [0.5, 0.6) is 5.75 Å². The Morgan fingerprint density at radius 1 is 0.897 bits per heavy atom. The minimum Gasteiger partial charge on any atom is -0.493 e. The predicted molar refractivity (Wildman–Crippen MR) is 106 cm³/mol. The topological polar surface area (TPSA) is 115 Å².